The quantitative estimate of drug-likeness (QED) is 0.716. The van der Waals surface area contributed by atoms with Crippen LogP contribution in [0.15, 0.2) is 59.5 Å². The molecule has 2 heterocycles. The maximum Gasteiger partial charge on any atom is 0.243 e. The average Bonchev–Trinajstić information content (AvgIpc) is 2.80. The van der Waals surface area contributed by atoms with E-state index in [0.717, 1.165) is 38.0 Å². The third-order valence-corrected chi connectivity index (χ3v) is 8.22. The molecule has 0 spiro atoms. The molecule has 0 bridgehead atoms. The van der Waals surface area contributed by atoms with Crippen molar-refractivity contribution in [3.05, 3.63) is 65.7 Å². The van der Waals surface area contributed by atoms with Gasteiger partial charge in [0.25, 0.3) is 0 Å². The highest BCUT2D eigenvalue weighted by molar-refractivity contribution is 7.89. The molecule has 2 saturated heterocycles. The van der Waals surface area contributed by atoms with Gasteiger partial charge >= 0.3 is 0 Å². The Morgan fingerprint density at radius 2 is 1.58 bits per heavy atom. The van der Waals surface area contributed by atoms with Gasteiger partial charge in [-0.1, -0.05) is 54.4 Å². The molecule has 4 rings (SSSR count). The van der Waals surface area contributed by atoms with E-state index in [-0.39, 0.29) is 10.8 Å². The highest BCUT2D eigenvalue weighted by atomic mass is 32.2. The Kier molecular flexibility index (Phi) is 6.74. The van der Waals surface area contributed by atoms with Crippen LogP contribution in [-0.2, 0) is 21.4 Å². The maximum atomic E-state index is 13.4. The molecular formula is C24H31N3O3S. The Labute approximate surface area is 185 Å². The number of hydrogen-bond donors (Lipinski definition) is 0. The molecule has 2 aromatic carbocycles. The summed E-state index contributed by atoms with van der Waals surface area (Å²) in [6.45, 7) is 6.10. The molecule has 0 aromatic heterocycles. The summed E-state index contributed by atoms with van der Waals surface area (Å²) in [4.78, 5) is 17.8. The van der Waals surface area contributed by atoms with Gasteiger partial charge in [-0.15, -0.1) is 0 Å². The Balaban J connectivity index is 1.42. The van der Waals surface area contributed by atoms with Gasteiger partial charge < -0.3 is 4.90 Å². The molecule has 31 heavy (non-hydrogen) atoms. The van der Waals surface area contributed by atoms with Crippen molar-refractivity contribution in [2.75, 3.05) is 32.7 Å². The van der Waals surface area contributed by atoms with Crippen molar-refractivity contribution in [3.63, 3.8) is 0 Å². The lowest BCUT2D eigenvalue weighted by atomic mass is 10.0. The second-order valence-electron chi connectivity index (χ2n) is 8.53. The predicted octanol–water partition coefficient (Wildman–Crippen LogP) is 2.88. The van der Waals surface area contributed by atoms with Crippen LogP contribution in [0.25, 0.3) is 0 Å². The van der Waals surface area contributed by atoms with Gasteiger partial charge in [-0.3, -0.25) is 9.69 Å². The summed E-state index contributed by atoms with van der Waals surface area (Å²) in [5.74, 6) is -0.0465. The number of rotatable bonds is 5. The predicted molar refractivity (Wildman–Crippen MR) is 121 cm³/mol. The Bertz CT molecular complexity index is 984. The molecule has 0 N–H and O–H groups in total. The molecule has 2 aliphatic heterocycles. The first-order valence-electron chi connectivity index (χ1n) is 11.1. The largest absolute Gasteiger partial charge is 0.339 e. The molecule has 0 aliphatic carbocycles. The summed E-state index contributed by atoms with van der Waals surface area (Å²) in [6.07, 6.45) is 2.26. The lowest BCUT2D eigenvalue weighted by molar-refractivity contribution is -0.138. The van der Waals surface area contributed by atoms with E-state index in [1.54, 1.807) is 24.3 Å². The number of nitrogens with zero attached hydrogens (tertiary/aromatic N) is 3. The van der Waals surface area contributed by atoms with Gasteiger partial charge in [-0.05, 0) is 37.5 Å². The fourth-order valence-electron chi connectivity index (χ4n) is 4.46. The number of piperazine rings is 1. The van der Waals surface area contributed by atoms with Crippen LogP contribution in [0.2, 0.25) is 0 Å². The molecule has 0 saturated carbocycles. The molecule has 166 valence electrons. The fourth-order valence-corrected chi connectivity index (χ4v) is 6.11. The monoisotopic (exact) mass is 441 g/mol. The van der Waals surface area contributed by atoms with E-state index >= 15 is 0 Å². The number of piperidine rings is 1. The third kappa shape index (κ3) is 5.00. The van der Waals surface area contributed by atoms with Crippen molar-refractivity contribution in [2.45, 2.75) is 43.7 Å². The number of aryl methyl sites for hydroxylation is 1. The first kappa shape index (κ1) is 22.0. The molecular weight excluding hydrogens is 410 g/mol. The van der Waals surface area contributed by atoms with E-state index in [2.05, 4.69) is 17.0 Å². The zero-order chi connectivity index (χ0) is 21.8. The zero-order valence-corrected chi connectivity index (χ0v) is 18.9. The Morgan fingerprint density at radius 1 is 0.903 bits per heavy atom. The normalized spacial score (nSPS) is 21.2. The van der Waals surface area contributed by atoms with Crippen molar-refractivity contribution in [2.24, 2.45) is 0 Å². The first-order valence-corrected chi connectivity index (χ1v) is 12.5. The topological polar surface area (TPSA) is 60.9 Å². The standard InChI is InChI=1S/C24H31N3O3S/c1-20-10-12-22(13-11-20)31(29,30)27-14-6-5-9-23(27)24(28)26-17-15-25(16-18-26)19-21-7-3-2-4-8-21/h2-4,7-8,10-13,23H,5-6,9,14-19H2,1H3/t23-/m0/s1. The number of hydrogen-bond acceptors (Lipinski definition) is 4. The van der Waals surface area contributed by atoms with Gasteiger partial charge in [0, 0.05) is 39.3 Å². The van der Waals surface area contributed by atoms with E-state index in [9.17, 15) is 13.2 Å². The van der Waals surface area contributed by atoms with Crippen LogP contribution < -0.4 is 0 Å². The van der Waals surface area contributed by atoms with Crippen LogP contribution in [0, 0.1) is 6.92 Å². The summed E-state index contributed by atoms with van der Waals surface area (Å²) in [6, 6.07) is 16.6. The minimum atomic E-state index is -3.69. The highest BCUT2D eigenvalue weighted by Crippen LogP contribution is 2.27. The van der Waals surface area contributed by atoms with Crippen LogP contribution in [0.3, 0.4) is 0 Å². The number of benzene rings is 2. The molecule has 6 nitrogen and oxygen atoms in total. The van der Waals surface area contributed by atoms with Crippen LogP contribution in [0.1, 0.15) is 30.4 Å². The fraction of sp³-hybridized carbons (Fsp3) is 0.458. The van der Waals surface area contributed by atoms with E-state index in [0.29, 0.717) is 26.1 Å². The van der Waals surface area contributed by atoms with Gasteiger partial charge in [0.15, 0.2) is 0 Å². The summed E-state index contributed by atoms with van der Waals surface area (Å²) >= 11 is 0. The van der Waals surface area contributed by atoms with Gasteiger partial charge in [0.05, 0.1) is 4.90 Å². The highest BCUT2D eigenvalue weighted by Gasteiger charge is 2.40. The smallest absolute Gasteiger partial charge is 0.243 e. The van der Waals surface area contributed by atoms with Crippen LogP contribution in [0.4, 0.5) is 0 Å². The van der Waals surface area contributed by atoms with E-state index in [4.69, 9.17) is 0 Å². The van der Waals surface area contributed by atoms with Crippen molar-refractivity contribution in [3.8, 4) is 0 Å². The lowest BCUT2D eigenvalue weighted by Gasteiger charge is -2.40. The molecule has 2 fully saturated rings. The molecule has 1 amide bonds. The minimum absolute atomic E-state index is 0.0465. The number of carbonyl (C=O) groups is 1. The zero-order valence-electron chi connectivity index (χ0n) is 18.1. The molecule has 2 aliphatic rings. The summed E-state index contributed by atoms with van der Waals surface area (Å²) < 4.78 is 28.0. The van der Waals surface area contributed by atoms with Crippen molar-refractivity contribution in [1.82, 2.24) is 14.1 Å². The van der Waals surface area contributed by atoms with E-state index in [1.165, 1.54) is 9.87 Å². The SMILES string of the molecule is Cc1ccc(S(=O)(=O)N2CCCC[C@H]2C(=O)N2CCN(Cc3ccccc3)CC2)cc1. The van der Waals surface area contributed by atoms with Crippen molar-refractivity contribution < 1.29 is 13.2 Å². The average molecular weight is 442 g/mol. The second-order valence-corrected chi connectivity index (χ2v) is 10.4. The molecule has 7 heteroatoms. The third-order valence-electron chi connectivity index (χ3n) is 6.30. The van der Waals surface area contributed by atoms with E-state index < -0.39 is 16.1 Å². The van der Waals surface area contributed by atoms with Gasteiger partial charge in [-0.25, -0.2) is 8.42 Å². The summed E-state index contributed by atoms with van der Waals surface area (Å²) in [5, 5.41) is 0. The summed E-state index contributed by atoms with van der Waals surface area (Å²) in [7, 11) is -3.69. The summed E-state index contributed by atoms with van der Waals surface area (Å²) in [5.41, 5.74) is 2.28. The maximum absolute atomic E-state index is 13.4. The number of sulfonamides is 1. The Morgan fingerprint density at radius 3 is 2.26 bits per heavy atom. The molecule has 0 unspecified atom stereocenters. The minimum Gasteiger partial charge on any atom is -0.339 e. The van der Waals surface area contributed by atoms with Crippen LogP contribution >= 0.6 is 0 Å². The van der Waals surface area contributed by atoms with Crippen molar-refractivity contribution >= 4 is 15.9 Å². The molecule has 1 atom stereocenters. The van der Waals surface area contributed by atoms with Crippen LogP contribution in [0.5, 0.6) is 0 Å². The molecule has 2 aromatic rings. The lowest BCUT2D eigenvalue weighted by Crippen LogP contribution is -2.56. The second kappa shape index (κ2) is 9.51. The van der Waals surface area contributed by atoms with Gasteiger partial charge in [0.1, 0.15) is 6.04 Å². The van der Waals surface area contributed by atoms with Crippen molar-refractivity contribution in [1.29, 1.82) is 0 Å². The van der Waals surface area contributed by atoms with Gasteiger partial charge in [-0.2, -0.15) is 4.31 Å². The van der Waals surface area contributed by atoms with Crippen LogP contribution in [-0.4, -0.2) is 67.2 Å². The Hall–Kier alpha value is -2.22. The first-order chi connectivity index (χ1) is 14.9. The number of amides is 1. The van der Waals surface area contributed by atoms with Gasteiger partial charge in [0.2, 0.25) is 15.9 Å². The van der Waals surface area contributed by atoms with E-state index in [1.807, 2.05) is 30.0 Å². The molecule has 0 radical (unpaired) electrons. The number of carbonyl (C=O) groups excluding carboxylic acids is 1.